The Balaban J connectivity index is 3.41. The van der Waals surface area contributed by atoms with Crippen molar-refractivity contribution in [1.82, 2.24) is 0 Å². The summed E-state index contributed by atoms with van der Waals surface area (Å²) in [6.07, 6.45) is 0. The summed E-state index contributed by atoms with van der Waals surface area (Å²) < 4.78 is 2.87. The SMILES string of the molecule is CC(C)c1cccc(C(C)C)[c]1[Ge][CH]([Si](C)(C)C)[Si](C)(C)C. The third-order valence-electron chi connectivity index (χ3n) is 4.39. The van der Waals surface area contributed by atoms with Gasteiger partial charge in [-0.1, -0.05) is 0 Å². The van der Waals surface area contributed by atoms with Crippen LogP contribution >= 0.6 is 0 Å². The van der Waals surface area contributed by atoms with Crippen LogP contribution in [0.5, 0.6) is 0 Å². The van der Waals surface area contributed by atoms with Crippen molar-refractivity contribution in [3.63, 3.8) is 0 Å². The van der Waals surface area contributed by atoms with Crippen LogP contribution in [0.1, 0.15) is 50.7 Å². The maximum absolute atomic E-state index is 2.60. The molecular formula is C19H36GeSi2. The van der Waals surface area contributed by atoms with E-state index < -0.39 is 16.1 Å². The molecule has 0 N–H and O–H groups in total. The molecule has 0 aromatic heterocycles. The summed E-state index contributed by atoms with van der Waals surface area (Å²) >= 11 is -0.0719. The quantitative estimate of drug-likeness (QED) is 0.536. The first-order valence-electron chi connectivity index (χ1n) is 8.75. The second-order valence-corrected chi connectivity index (χ2v) is 25.9. The van der Waals surface area contributed by atoms with Crippen LogP contribution in [0.25, 0.3) is 0 Å². The molecule has 124 valence electrons. The Morgan fingerprint density at radius 2 is 1.09 bits per heavy atom. The molecule has 0 unspecified atom stereocenters. The summed E-state index contributed by atoms with van der Waals surface area (Å²) in [5.74, 6) is 1.31. The zero-order valence-electron chi connectivity index (χ0n) is 16.5. The molecule has 0 fully saturated rings. The van der Waals surface area contributed by atoms with E-state index in [2.05, 4.69) is 85.2 Å². The molecule has 0 bridgehead atoms. The van der Waals surface area contributed by atoms with Gasteiger partial charge in [-0.3, -0.25) is 0 Å². The predicted octanol–water partition coefficient (Wildman–Crippen LogP) is 5.81. The van der Waals surface area contributed by atoms with Crippen LogP contribution in [-0.2, 0) is 0 Å². The fraction of sp³-hybridized carbons (Fsp3) is 0.684. The van der Waals surface area contributed by atoms with Crippen molar-refractivity contribution in [1.29, 1.82) is 0 Å². The molecular weight excluding hydrogens is 357 g/mol. The Hall–Kier alpha value is 0.197. The molecule has 0 atom stereocenters. The van der Waals surface area contributed by atoms with Gasteiger partial charge in [-0.25, -0.2) is 0 Å². The van der Waals surface area contributed by atoms with Crippen molar-refractivity contribution >= 4 is 36.0 Å². The predicted molar refractivity (Wildman–Crippen MR) is 110 cm³/mol. The van der Waals surface area contributed by atoms with Crippen LogP contribution in [0, 0.1) is 0 Å². The summed E-state index contributed by atoms with van der Waals surface area (Å²) in [6, 6.07) is 7.10. The van der Waals surface area contributed by atoms with Gasteiger partial charge in [-0.2, -0.15) is 0 Å². The average molecular weight is 393 g/mol. The van der Waals surface area contributed by atoms with E-state index in [9.17, 15) is 0 Å². The Morgan fingerprint density at radius 3 is 1.36 bits per heavy atom. The second-order valence-electron chi connectivity index (χ2n) is 9.43. The molecule has 0 heterocycles. The van der Waals surface area contributed by atoms with Gasteiger partial charge in [0.1, 0.15) is 0 Å². The van der Waals surface area contributed by atoms with E-state index in [1.54, 1.807) is 11.1 Å². The monoisotopic (exact) mass is 394 g/mol. The number of rotatable bonds is 6. The van der Waals surface area contributed by atoms with Crippen molar-refractivity contribution in [2.75, 3.05) is 0 Å². The summed E-state index contributed by atoms with van der Waals surface area (Å²) in [5.41, 5.74) is 3.29. The standard InChI is InChI=1S/C19H36GeSi2/c1-14(2)16-12-11-13-17(15(3)4)18(16)20-19(21(5,6)7)22(8,9)10/h11-15,19H,1-10H3. The van der Waals surface area contributed by atoms with Crippen LogP contribution in [0.2, 0.25) is 43.3 Å². The van der Waals surface area contributed by atoms with Crippen LogP contribution in [0.4, 0.5) is 0 Å². The summed E-state index contributed by atoms with van der Waals surface area (Å²) in [6.45, 7) is 25.1. The van der Waals surface area contributed by atoms with Crippen LogP contribution in [0.3, 0.4) is 0 Å². The fourth-order valence-corrected chi connectivity index (χ4v) is 24.7. The summed E-state index contributed by atoms with van der Waals surface area (Å²) in [7, 11) is -2.21. The molecule has 1 rings (SSSR count). The first-order chi connectivity index (χ1) is 9.85. The zero-order valence-corrected chi connectivity index (χ0v) is 20.6. The van der Waals surface area contributed by atoms with Gasteiger partial charge in [0.05, 0.1) is 0 Å². The molecule has 0 amide bonds. The molecule has 0 aliphatic carbocycles. The van der Waals surface area contributed by atoms with E-state index in [0.717, 1.165) is 4.00 Å². The molecule has 0 aliphatic rings. The molecule has 0 nitrogen and oxygen atoms in total. The minimum atomic E-state index is -1.10. The molecule has 3 heteroatoms. The van der Waals surface area contributed by atoms with Crippen LogP contribution in [0.15, 0.2) is 18.2 Å². The van der Waals surface area contributed by atoms with E-state index in [-0.39, 0.29) is 15.4 Å². The molecule has 0 saturated carbocycles. The molecule has 0 saturated heterocycles. The molecule has 0 spiro atoms. The van der Waals surface area contributed by atoms with Gasteiger partial charge in [0.15, 0.2) is 0 Å². The zero-order chi connectivity index (χ0) is 17.3. The van der Waals surface area contributed by atoms with Gasteiger partial charge in [0.2, 0.25) is 0 Å². The van der Waals surface area contributed by atoms with Gasteiger partial charge in [0, 0.05) is 0 Å². The van der Waals surface area contributed by atoms with E-state index in [1.807, 2.05) is 4.40 Å². The van der Waals surface area contributed by atoms with Crippen molar-refractivity contribution in [2.45, 2.75) is 82.8 Å². The number of hydrogen-bond donors (Lipinski definition) is 0. The van der Waals surface area contributed by atoms with Crippen molar-refractivity contribution < 1.29 is 0 Å². The topological polar surface area (TPSA) is 0 Å². The molecule has 1 aromatic rings. The average Bonchev–Trinajstić information content (AvgIpc) is 2.32. The van der Waals surface area contributed by atoms with Crippen LogP contribution in [-0.4, -0.2) is 31.6 Å². The molecule has 2 radical (unpaired) electrons. The van der Waals surface area contributed by atoms with E-state index in [1.165, 1.54) is 0 Å². The maximum atomic E-state index is 2.60. The number of hydrogen-bond acceptors (Lipinski definition) is 0. The number of benzene rings is 1. The Bertz CT molecular complexity index is 453. The normalized spacial score (nSPS) is 13.5. The van der Waals surface area contributed by atoms with Gasteiger partial charge >= 0.3 is 148 Å². The van der Waals surface area contributed by atoms with Crippen LogP contribution < -0.4 is 4.40 Å². The van der Waals surface area contributed by atoms with E-state index in [4.69, 9.17) is 0 Å². The van der Waals surface area contributed by atoms with Gasteiger partial charge in [-0.15, -0.1) is 0 Å². The molecule has 1 aromatic carbocycles. The molecule has 0 aliphatic heterocycles. The Morgan fingerprint density at radius 1 is 0.727 bits per heavy atom. The van der Waals surface area contributed by atoms with Crippen molar-refractivity contribution in [2.24, 2.45) is 0 Å². The van der Waals surface area contributed by atoms with Crippen molar-refractivity contribution in [3.8, 4) is 0 Å². The summed E-state index contributed by atoms with van der Waals surface area (Å²) in [5, 5.41) is 0. The van der Waals surface area contributed by atoms with E-state index >= 15 is 0 Å². The summed E-state index contributed by atoms with van der Waals surface area (Å²) in [4.78, 5) is 0. The van der Waals surface area contributed by atoms with Gasteiger partial charge < -0.3 is 0 Å². The van der Waals surface area contributed by atoms with Gasteiger partial charge in [-0.05, 0) is 0 Å². The Kier molecular flexibility index (Phi) is 6.80. The van der Waals surface area contributed by atoms with Crippen molar-refractivity contribution in [3.05, 3.63) is 29.3 Å². The third-order valence-corrected chi connectivity index (χ3v) is 27.9. The molecule has 22 heavy (non-hydrogen) atoms. The first-order valence-corrected chi connectivity index (χ1v) is 18.2. The van der Waals surface area contributed by atoms with E-state index in [0.29, 0.717) is 11.8 Å². The third kappa shape index (κ3) is 5.10. The first kappa shape index (κ1) is 20.2. The minimum absolute atomic E-state index is 0.0719. The Labute approximate surface area is 148 Å². The fourth-order valence-electron chi connectivity index (χ4n) is 3.59. The second kappa shape index (κ2) is 7.39. The van der Waals surface area contributed by atoms with Gasteiger partial charge in [0.25, 0.3) is 0 Å².